The van der Waals surface area contributed by atoms with Crippen LogP contribution in [0.25, 0.3) is 11.5 Å². The molecule has 0 fully saturated rings. The van der Waals surface area contributed by atoms with Gasteiger partial charge in [-0.2, -0.15) is 4.98 Å². The molecular formula is C14H9Cl2N3O2. The molecule has 0 bridgehead atoms. The number of nitrogens with zero attached hydrogens (tertiary/aromatic N) is 3. The van der Waals surface area contributed by atoms with Crippen LogP contribution in [0.4, 0.5) is 0 Å². The van der Waals surface area contributed by atoms with E-state index in [4.69, 9.17) is 27.7 Å². The van der Waals surface area contributed by atoms with Crippen molar-refractivity contribution in [1.82, 2.24) is 15.1 Å². The van der Waals surface area contributed by atoms with Crippen LogP contribution in [0.5, 0.6) is 5.75 Å². The first-order chi connectivity index (χ1) is 10.1. The second-order valence-corrected chi connectivity index (χ2v) is 5.14. The molecule has 1 N–H and O–H groups in total. The first kappa shape index (κ1) is 13.9. The first-order valence-corrected chi connectivity index (χ1v) is 6.80. The fourth-order valence-corrected chi connectivity index (χ4v) is 2.29. The highest BCUT2D eigenvalue weighted by molar-refractivity contribution is 6.35. The molecule has 1 aromatic carbocycles. The number of phenolic OH excluding ortho intramolecular Hbond substituents is 1. The minimum absolute atomic E-state index is 0.180. The predicted molar refractivity (Wildman–Crippen MR) is 78.5 cm³/mol. The van der Waals surface area contributed by atoms with Gasteiger partial charge in [-0.15, -0.1) is 0 Å². The standard InChI is InChI=1S/C14H9Cl2N3O2/c15-9-6-10(16)13(17-7-9)14-18-12(21-19-14)5-8-3-1-2-4-11(8)20/h1-4,6-7,20H,5H2. The molecule has 0 aliphatic carbocycles. The number of halogens is 2. The molecule has 21 heavy (non-hydrogen) atoms. The Hall–Kier alpha value is -2.11. The van der Waals surface area contributed by atoms with Crippen LogP contribution < -0.4 is 0 Å². The van der Waals surface area contributed by atoms with E-state index in [1.807, 2.05) is 6.07 Å². The maximum absolute atomic E-state index is 9.73. The number of benzene rings is 1. The Kier molecular flexibility index (Phi) is 3.77. The Morgan fingerprint density at radius 2 is 2.00 bits per heavy atom. The van der Waals surface area contributed by atoms with Crippen LogP contribution in [0.3, 0.4) is 0 Å². The van der Waals surface area contributed by atoms with E-state index in [2.05, 4.69) is 15.1 Å². The highest BCUT2D eigenvalue weighted by Crippen LogP contribution is 2.26. The topological polar surface area (TPSA) is 72.0 Å². The van der Waals surface area contributed by atoms with Gasteiger partial charge < -0.3 is 9.63 Å². The highest BCUT2D eigenvalue weighted by Gasteiger charge is 2.15. The van der Waals surface area contributed by atoms with Gasteiger partial charge in [-0.3, -0.25) is 0 Å². The largest absolute Gasteiger partial charge is 0.508 e. The maximum Gasteiger partial charge on any atom is 0.231 e. The van der Waals surface area contributed by atoms with Gasteiger partial charge in [-0.25, -0.2) is 4.98 Å². The fourth-order valence-electron chi connectivity index (χ4n) is 1.83. The van der Waals surface area contributed by atoms with Crippen molar-refractivity contribution in [2.24, 2.45) is 0 Å². The summed E-state index contributed by atoms with van der Waals surface area (Å²) in [5, 5.41) is 14.4. The molecule has 0 spiro atoms. The summed E-state index contributed by atoms with van der Waals surface area (Å²) in [5.74, 6) is 0.821. The number of pyridine rings is 1. The smallest absolute Gasteiger partial charge is 0.231 e. The Balaban J connectivity index is 1.88. The van der Waals surface area contributed by atoms with Gasteiger partial charge in [0.25, 0.3) is 0 Å². The van der Waals surface area contributed by atoms with Gasteiger partial charge >= 0.3 is 0 Å². The minimum Gasteiger partial charge on any atom is -0.508 e. The number of para-hydroxylation sites is 1. The van der Waals surface area contributed by atoms with E-state index < -0.39 is 0 Å². The maximum atomic E-state index is 9.73. The lowest BCUT2D eigenvalue weighted by molar-refractivity contribution is 0.383. The summed E-state index contributed by atoms with van der Waals surface area (Å²) in [6.07, 6.45) is 1.78. The molecule has 5 nitrogen and oxygen atoms in total. The molecule has 2 aromatic heterocycles. The van der Waals surface area contributed by atoms with E-state index in [-0.39, 0.29) is 11.6 Å². The number of phenols is 1. The Labute approximate surface area is 130 Å². The third-order valence-corrected chi connectivity index (χ3v) is 3.32. The normalized spacial score (nSPS) is 10.8. The van der Waals surface area contributed by atoms with E-state index in [1.165, 1.54) is 6.20 Å². The van der Waals surface area contributed by atoms with Gasteiger partial charge in [0.2, 0.25) is 11.7 Å². The van der Waals surface area contributed by atoms with Crippen molar-refractivity contribution in [3.8, 4) is 17.3 Å². The molecule has 0 unspecified atom stereocenters. The van der Waals surface area contributed by atoms with Crippen LogP contribution in [-0.4, -0.2) is 20.2 Å². The van der Waals surface area contributed by atoms with Gasteiger partial charge in [0.1, 0.15) is 11.4 Å². The van der Waals surface area contributed by atoms with E-state index in [0.29, 0.717) is 33.6 Å². The Morgan fingerprint density at radius 3 is 2.76 bits per heavy atom. The van der Waals surface area contributed by atoms with Crippen LogP contribution in [0, 0.1) is 0 Å². The summed E-state index contributed by atoms with van der Waals surface area (Å²) in [6, 6.07) is 8.51. The number of rotatable bonds is 3. The van der Waals surface area contributed by atoms with Gasteiger partial charge in [-0.05, 0) is 12.1 Å². The second kappa shape index (κ2) is 5.71. The van der Waals surface area contributed by atoms with Crippen molar-refractivity contribution < 1.29 is 9.63 Å². The molecule has 0 amide bonds. The summed E-state index contributed by atoms with van der Waals surface area (Å²) in [5.41, 5.74) is 1.09. The molecule has 7 heteroatoms. The Bertz CT molecular complexity index is 789. The van der Waals surface area contributed by atoms with Gasteiger partial charge in [0.15, 0.2) is 0 Å². The van der Waals surface area contributed by atoms with Gasteiger partial charge in [0, 0.05) is 11.8 Å². The minimum atomic E-state index is 0.180. The first-order valence-electron chi connectivity index (χ1n) is 6.04. The van der Waals surface area contributed by atoms with Crippen molar-refractivity contribution in [2.75, 3.05) is 0 Å². The lowest BCUT2D eigenvalue weighted by Crippen LogP contribution is -1.90. The van der Waals surface area contributed by atoms with Crippen LogP contribution in [0.1, 0.15) is 11.5 Å². The molecule has 0 aliphatic heterocycles. The van der Waals surface area contributed by atoms with Crippen LogP contribution in [0.2, 0.25) is 10.0 Å². The molecule has 0 saturated heterocycles. The van der Waals surface area contributed by atoms with E-state index in [9.17, 15) is 5.11 Å². The van der Waals surface area contributed by atoms with Gasteiger partial charge in [0.05, 0.1) is 16.5 Å². The van der Waals surface area contributed by atoms with Crippen LogP contribution >= 0.6 is 23.2 Å². The summed E-state index contributed by atoms with van der Waals surface area (Å²) in [4.78, 5) is 8.32. The third-order valence-electron chi connectivity index (χ3n) is 2.82. The average molecular weight is 322 g/mol. The van der Waals surface area contributed by atoms with Crippen molar-refractivity contribution in [1.29, 1.82) is 0 Å². The summed E-state index contributed by atoms with van der Waals surface area (Å²) < 4.78 is 5.16. The van der Waals surface area contributed by atoms with Crippen molar-refractivity contribution in [3.63, 3.8) is 0 Å². The summed E-state index contributed by atoms with van der Waals surface area (Å²) in [6.45, 7) is 0. The number of hydrogen-bond acceptors (Lipinski definition) is 5. The van der Waals surface area contributed by atoms with Crippen molar-refractivity contribution in [3.05, 3.63) is 58.0 Å². The molecule has 0 radical (unpaired) electrons. The summed E-state index contributed by atoms with van der Waals surface area (Å²) >= 11 is 11.8. The number of aromatic hydroxyl groups is 1. The molecule has 0 aliphatic rings. The molecular weight excluding hydrogens is 313 g/mol. The SMILES string of the molecule is Oc1ccccc1Cc1nc(-c2ncc(Cl)cc2Cl)no1. The zero-order valence-corrected chi connectivity index (χ0v) is 12.1. The highest BCUT2D eigenvalue weighted by atomic mass is 35.5. The number of hydrogen-bond donors (Lipinski definition) is 1. The van der Waals surface area contributed by atoms with E-state index in [0.717, 1.165) is 0 Å². The number of aromatic nitrogens is 3. The Morgan fingerprint density at radius 1 is 1.19 bits per heavy atom. The second-order valence-electron chi connectivity index (χ2n) is 4.30. The average Bonchev–Trinajstić information content (AvgIpc) is 2.90. The molecule has 3 aromatic rings. The van der Waals surface area contributed by atoms with Crippen LogP contribution in [0.15, 0.2) is 41.1 Å². The zero-order valence-electron chi connectivity index (χ0n) is 10.6. The lowest BCUT2D eigenvalue weighted by atomic mass is 10.1. The van der Waals surface area contributed by atoms with Gasteiger partial charge in [-0.1, -0.05) is 46.6 Å². The molecule has 2 heterocycles. The monoisotopic (exact) mass is 321 g/mol. The van der Waals surface area contributed by atoms with Crippen molar-refractivity contribution >= 4 is 23.2 Å². The molecule has 0 saturated carbocycles. The van der Waals surface area contributed by atoms with Crippen LogP contribution in [-0.2, 0) is 6.42 Å². The third kappa shape index (κ3) is 2.99. The van der Waals surface area contributed by atoms with Crippen molar-refractivity contribution in [2.45, 2.75) is 6.42 Å². The predicted octanol–water partition coefficient (Wildman–Crippen LogP) is 3.73. The fraction of sp³-hybridized carbons (Fsp3) is 0.0714. The van der Waals surface area contributed by atoms with E-state index in [1.54, 1.807) is 24.3 Å². The van der Waals surface area contributed by atoms with E-state index >= 15 is 0 Å². The zero-order chi connectivity index (χ0) is 14.8. The quantitative estimate of drug-likeness (QED) is 0.795. The molecule has 3 rings (SSSR count). The summed E-state index contributed by atoms with van der Waals surface area (Å²) in [7, 11) is 0. The molecule has 0 atom stereocenters. The lowest BCUT2D eigenvalue weighted by Gasteiger charge is -1.99. The molecule has 106 valence electrons.